The second-order valence-electron chi connectivity index (χ2n) is 17.4. The van der Waals surface area contributed by atoms with Crippen LogP contribution in [0.5, 0.6) is 11.8 Å². The summed E-state index contributed by atoms with van der Waals surface area (Å²) in [6, 6.07) is 9.72. The second kappa shape index (κ2) is 14.2. The van der Waals surface area contributed by atoms with Crippen molar-refractivity contribution in [3.8, 4) is 23.0 Å². The summed E-state index contributed by atoms with van der Waals surface area (Å²) < 4.78 is 50.5. The molecule has 0 saturated carbocycles. The Morgan fingerprint density at radius 1 is 1.05 bits per heavy atom. The van der Waals surface area contributed by atoms with Gasteiger partial charge in [0, 0.05) is 49.9 Å². The molecule has 0 spiro atoms. The fourth-order valence-corrected chi connectivity index (χ4v) is 10.9. The molecule has 7 aliphatic heterocycles. The number of nitrogens with zero attached hydrogens (tertiary/aromatic N) is 6. The van der Waals surface area contributed by atoms with E-state index in [-0.39, 0.29) is 48.6 Å². The Kier molecular flexibility index (Phi) is 9.10. The molecule has 300 valence electrons. The normalized spacial score (nSPS) is 28.8. The van der Waals surface area contributed by atoms with Crippen molar-refractivity contribution in [1.29, 1.82) is 0 Å². The third-order valence-electron chi connectivity index (χ3n) is 13.5. The third kappa shape index (κ3) is 6.57. The lowest BCUT2D eigenvalue weighted by Gasteiger charge is -2.41. The SMILES string of the molecule is C[C@@]12CCCN(C1)c1nc(OC[C@@]34CCCN3C[C@H](F)C4)nc3c(F)c(ncc13)-c1cc(OC(=O)N3C4CCCC3CC4)cc3cccc(c13)CCCOC(=O)N2. The molecule has 2 amide bonds. The summed E-state index contributed by atoms with van der Waals surface area (Å²) in [5.41, 5.74) is 0.361. The van der Waals surface area contributed by atoms with Crippen LogP contribution in [0.2, 0.25) is 0 Å². The Morgan fingerprint density at radius 2 is 1.89 bits per heavy atom. The van der Waals surface area contributed by atoms with Gasteiger partial charge >= 0.3 is 18.2 Å². The van der Waals surface area contributed by atoms with Crippen LogP contribution in [-0.4, -0.2) is 106 Å². The number of aryl methyl sites for hydroxylation is 1. The number of rotatable bonds is 4. The van der Waals surface area contributed by atoms with E-state index in [9.17, 15) is 14.0 Å². The maximum atomic E-state index is 17.6. The largest absolute Gasteiger partial charge is 0.461 e. The average molecular weight is 782 g/mol. The number of piperidine rings is 2. The number of hydrogen-bond acceptors (Lipinski definition) is 10. The van der Waals surface area contributed by atoms with Crippen LogP contribution in [0.25, 0.3) is 32.9 Å². The molecule has 14 heteroatoms. The van der Waals surface area contributed by atoms with E-state index in [0.29, 0.717) is 67.8 Å². The van der Waals surface area contributed by atoms with Crippen molar-refractivity contribution < 1.29 is 32.6 Å². The molecular weight excluding hydrogens is 733 g/mol. The van der Waals surface area contributed by atoms with E-state index < -0.39 is 29.2 Å². The fourth-order valence-electron chi connectivity index (χ4n) is 10.9. The lowest BCUT2D eigenvalue weighted by Crippen LogP contribution is -2.57. The number of nitrogens with one attached hydrogen (secondary N) is 1. The van der Waals surface area contributed by atoms with Crippen LogP contribution in [0.4, 0.5) is 24.2 Å². The van der Waals surface area contributed by atoms with Gasteiger partial charge in [-0.2, -0.15) is 9.97 Å². The van der Waals surface area contributed by atoms with Crippen molar-refractivity contribution in [3.63, 3.8) is 0 Å². The number of halogens is 2. The van der Waals surface area contributed by atoms with Crippen molar-refractivity contribution >= 4 is 39.7 Å². The van der Waals surface area contributed by atoms with Crippen LogP contribution in [0.1, 0.15) is 83.1 Å². The zero-order valence-corrected chi connectivity index (χ0v) is 32.4. The summed E-state index contributed by atoms with van der Waals surface area (Å²) in [6.07, 6.45) is 9.46. The van der Waals surface area contributed by atoms with E-state index in [1.165, 1.54) is 0 Å². The molecule has 9 heterocycles. The minimum absolute atomic E-state index is 0.000894. The second-order valence-corrected chi connectivity index (χ2v) is 17.4. The van der Waals surface area contributed by atoms with Gasteiger partial charge in [0.2, 0.25) is 0 Å². The molecule has 7 aliphatic rings. The van der Waals surface area contributed by atoms with E-state index in [0.717, 1.165) is 74.2 Å². The van der Waals surface area contributed by atoms with Crippen LogP contribution in [-0.2, 0) is 11.2 Å². The maximum absolute atomic E-state index is 17.6. The Bertz CT molecular complexity index is 2240. The Balaban J connectivity index is 1.11. The lowest BCUT2D eigenvalue weighted by molar-refractivity contribution is 0.107. The molecule has 2 unspecified atom stereocenters. The summed E-state index contributed by atoms with van der Waals surface area (Å²) in [7, 11) is 0. The summed E-state index contributed by atoms with van der Waals surface area (Å²) in [5.74, 6) is 0.0963. The average Bonchev–Trinajstić information content (AvgIpc) is 3.81. The predicted octanol–water partition coefficient (Wildman–Crippen LogP) is 7.49. The summed E-state index contributed by atoms with van der Waals surface area (Å²) in [4.78, 5) is 47.4. The first kappa shape index (κ1) is 36.5. The Hall–Kier alpha value is -4.85. The van der Waals surface area contributed by atoms with Gasteiger partial charge in [-0.1, -0.05) is 18.2 Å². The summed E-state index contributed by atoms with van der Waals surface area (Å²) in [5, 5.41) is 5.02. The van der Waals surface area contributed by atoms with Gasteiger partial charge in [-0.25, -0.2) is 18.4 Å². The third-order valence-corrected chi connectivity index (χ3v) is 13.5. The monoisotopic (exact) mass is 781 g/mol. The minimum atomic E-state index is -0.931. The zero-order chi connectivity index (χ0) is 38.9. The molecular formula is C43H49F2N7O5. The standard InChI is InChI=1S/C43H49F2N7O5/c1-42-14-5-16-50(24-42)38-33-22-46-36(35(45)37(33)47-39(48-38)56-25-43-15-6-17-51(43)23-28(44)21-43)32-20-31(57-41(54)52-29-10-3-11-30(52)13-12-29)19-27-8-2-7-26(34(27)32)9-4-18-55-40(53)49-42/h2,7-8,19-20,22,28-30H,3-6,9-18,21,23-25H2,1H3,(H,49,53)/t28-,29?,30?,42-,43+/m1/s1. The van der Waals surface area contributed by atoms with E-state index in [4.69, 9.17) is 29.2 Å². The van der Waals surface area contributed by atoms with Gasteiger partial charge in [-0.05, 0) is 113 Å². The summed E-state index contributed by atoms with van der Waals surface area (Å²) in [6.45, 7) is 4.53. The van der Waals surface area contributed by atoms with Crippen molar-refractivity contribution in [1.82, 2.24) is 30.1 Å². The highest BCUT2D eigenvalue weighted by Crippen LogP contribution is 2.43. The fraction of sp³-hybridized carbons (Fsp3) is 0.558. The van der Waals surface area contributed by atoms with Crippen molar-refractivity contribution in [2.75, 3.05) is 44.3 Å². The molecule has 1 N–H and O–H groups in total. The molecule has 5 fully saturated rings. The molecule has 4 aromatic rings. The molecule has 11 rings (SSSR count). The quantitative estimate of drug-likeness (QED) is 0.223. The van der Waals surface area contributed by atoms with Gasteiger partial charge in [0.1, 0.15) is 35.6 Å². The molecule has 12 nitrogen and oxygen atoms in total. The maximum Gasteiger partial charge on any atom is 0.415 e. The van der Waals surface area contributed by atoms with Crippen LogP contribution in [0.3, 0.4) is 0 Å². The predicted molar refractivity (Wildman–Crippen MR) is 210 cm³/mol. The molecule has 0 radical (unpaired) electrons. The molecule has 0 aliphatic carbocycles. The number of ether oxygens (including phenoxy) is 3. The number of carbonyl (C=O) groups is 2. The molecule has 2 aromatic carbocycles. The van der Waals surface area contributed by atoms with Crippen LogP contribution in [0.15, 0.2) is 36.5 Å². The first-order valence-electron chi connectivity index (χ1n) is 20.8. The van der Waals surface area contributed by atoms with Crippen molar-refractivity contribution in [2.45, 2.75) is 113 Å². The number of alkyl halides is 1. The van der Waals surface area contributed by atoms with Gasteiger partial charge in [0.15, 0.2) is 5.82 Å². The molecule has 5 atom stereocenters. The molecule has 8 bridgehead atoms. The highest BCUT2D eigenvalue weighted by atomic mass is 19.1. The number of pyridine rings is 1. The van der Waals surface area contributed by atoms with Crippen molar-refractivity contribution in [3.05, 3.63) is 47.9 Å². The smallest absolute Gasteiger partial charge is 0.415 e. The number of aromatic nitrogens is 3. The van der Waals surface area contributed by atoms with Gasteiger partial charge < -0.3 is 29.3 Å². The van der Waals surface area contributed by atoms with Crippen molar-refractivity contribution in [2.24, 2.45) is 0 Å². The van der Waals surface area contributed by atoms with E-state index in [1.54, 1.807) is 12.3 Å². The van der Waals surface area contributed by atoms with Crippen LogP contribution in [0, 0.1) is 5.82 Å². The number of hydrogen-bond donors (Lipinski definition) is 1. The van der Waals surface area contributed by atoms with Gasteiger partial charge in [-0.3, -0.25) is 9.88 Å². The molecule has 57 heavy (non-hydrogen) atoms. The highest BCUT2D eigenvalue weighted by Gasteiger charge is 2.49. The number of fused-ring (bicyclic) bond motifs is 9. The Labute approximate surface area is 330 Å². The van der Waals surface area contributed by atoms with E-state index in [1.807, 2.05) is 41.0 Å². The number of anilines is 1. The van der Waals surface area contributed by atoms with Gasteiger partial charge in [0.25, 0.3) is 0 Å². The summed E-state index contributed by atoms with van der Waals surface area (Å²) >= 11 is 0. The van der Waals surface area contributed by atoms with Gasteiger partial charge in [-0.15, -0.1) is 0 Å². The molecule has 2 aromatic heterocycles. The van der Waals surface area contributed by atoms with E-state index >= 15 is 4.39 Å². The number of amides is 2. The Morgan fingerprint density at radius 3 is 2.75 bits per heavy atom. The molecule has 5 saturated heterocycles. The lowest BCUT2D eigenvalue weighted by atomic mass is 9.91. The minimum Gasteiger partial charge on any atom is -0.461 e. The number of benzene rings is 2. The first-order chi connectivity index (χ1) is 27.7. The number of carbonyl (C=O) groups excluding carboxylic acids is 2. The first-order valence-corrected chi connectivity index (χ1v) is 20.8. The van der Waals surface area contributed by atoms with Crippen LogP contribution >= 0.6 is 0 Å². The number of alkyl carbamates (subject to hydrolysis) is 1. The van der Waals surface area contributed by atoms with Crippen LogP contribution < -0.4 is 19.7 Å². The highest BCUT2D eigenvalue weighted by molar-refractivity contribution is 6.02. The topological polar surface area (TPSA) is 122 Å². The van der Waals surface area contributed by atoms with Gasteiger partial charge in [0.05, 0.1) is 23.1 Å². The van der Waals surface area contributed by atoms with E-state index in [2.05, 4.69) is 10.2 Å². The zero-order valence-electron chi connectivity index (χ0n) is 32.4.